The molecule has 8 nitrogen and oxygen atoms in total. The molecule has 0 N–H and O–H groups in total. The van der Waals surface area contributed by atoms with Crippen molar-refractivity contribution in [1.82, 2.24) is 4.31 Å². The van der Waals surface area contributed by atoms with Gasteiger partial charge in [-0.2, -0.15) is 4.31 Å². The Hall–Kier alpha value is -2.30. The standard InChI is InChI=1S/C18H20N2O6S2/c1-12-4-6-14(11-16(12)20(21)22)28(23,24)19-8-9-27-18(19)15-10-13(25-2)5-7-17(15)26-3/h4-7,10-11,18H,8-9H2,1-3H3. The van der Waals surface area contributed by atoms with E-state index in [1.54, 1.807) is 25.1 Å². The maximum Gasteiger partial charge on any atom is 0.273 e. The summed E-state index contributed by atoms with van der Waals surface area (Å²) in [6.45, 7) is 1.86. The predicted octanol–water partition coefficient (Wildman–Crippen LogP) is 3.36. The minimum atomic E-state index is -3.94. The Morgan fingerprint density at radius 3 is 2.57 bits per heavy atom. The van der Waals surface area contributed by atoms with Gasteiger partial charge in [-0.15, -0.1) is 11.8 Å². The second kappa shape index (κ2) is 7.98. The summed E-state index contributed by atoms with van der Waals surface area (Å²) in [6.07, 6.45) is 0. The molecule has 0 aliphatic carbocycles. The van der Waals surface area contributed by atoms with E-state index < -0.39 is 20.3 Å². The number of ether oxygens (including phenoxy) is 2. The van der Waals surface area contributed by atoms with Crippen LogP contribution in [0, 0.1) is 17.0 Å². The molecular weight excluding hydrogens is 404 g/mol. The summed E-state index contributed by atoms with van der Waals surface area (Å²) >= 11 is 1.46. The number of nitro groups is 1. The molecule has 2 aromatic rings. The van der Waals surface area contributed by atoms with E-state index in [0.717, 1.165) is 6.07 Å². The van der Waals surface area contributed by atoms with Crippen LogP contribution < -0.4 is 9.47 Å². The highest BCUT2D eigenvalue weighted by Crippen LogP contribution is 2.45. The van der Waals surface area contributed by atoms with Crippen molar-refractivity contribution in [2.45, 2.75) is 17.2 Å². The van der Waals surface area contributed by atoms with E-state index in [0.29, 0.717) is 34.9 Å². The average Bonchev–Trinajstić information content (AvgIpc) is 3.18. The summed E-state index contributed by atoms with van der Waals surface area (Å²) in [5, 5.41) is 10.7. The molecule has 28 heavy (non-hydrogen) atoms. The summed E-state index contributed by atoms with van der Waals surface area (Å²) < 4.78 is 38.6. The fourth-order valence-electron chi connectivity index (χ4n) is 3.06. The molecule has 1 unspecified atom stereocenters. The first-order valence-electron chi connectivity index (χ1n) is 8.40. The van der Waals surface area contributed by atoms with Gasteiger partial charge in [0.25, 0.3) is 5.69 Å². The van der Waals surface area contributed by atoms with E-state index in [9.17, 15) is 18.5 Å². The zero-order chi connectivity index (χ0) is 20.5. The Balaban J connectivity index is 2.06. The van der Waals surface area contributed by atoms with Crippen LogP contribution in [0.15, 0.2) is 41.3 Å². The number of hydrogen-bond donors (Lipinski definition) is 0. The molecule has 1 aliphatic rings. The van der Waals surface area contributed by atoms with Crippen LogP contribution in [0.4, 0.5) is 5.69 Å². The molecule has 1 heterocycles. The number of nitro benzene ring substituents is 1. The third-order valence-electron chi connectivity index (χ3n) is 4.54. The van der Waals surface area contributed by atoms with Crippen LogP contribution in [0.1, 0.15) is 16.5 Å². The number of methoxy groups -OCH3 is 2. The van der Waals surface area contributed by atoms with Gasteiger partial charge in [0.1, 0.15) is 11.5 Å². The van der Waals surface area contributed by atoms with Crippen molar-refractivity contribution in [2.75, 3.05) is 26.5 Å². The summed E-state index contributed by atoms with van der Waals surface area (Å²) in [6, 6.07) is 9.20. The van der Waals surface area contributed by atoms with Crippen molar-refractivity contribution >= 4 is 27.5 Å². The molecule has 0 amide bonds. The summed E-state index contributed by atoms with van der Waals surface area (Å²) in [5.41, 5.74) is 0.865. The van der Waals surface area contributed by atoms with Crippen molar-refractivity contribution in [1.29, 1.82) is 0 Å². The second-order valence-electron chi connectivity index (χ2n) is 6.15. The van der Waals surface area contributed by atoms with E-state index in [1.165, 1.54) is 42.4 Å². The van der Waals surface area contributed by atoms with Crippen molar-refractivity contribution < 1.29 is 22.8 Å². The van der Waals surface area contributed by atoms with E-state index in [1.807, 2.05) is 0 Å². The minimum Gasteiger partial charge on any atom is -0.497 e. The lowest BCUT2D eigenvalue weighted by Crippen LogP contribution is -2.30. The lowest BCUT2D eigenvalue weighted by atomic mass is 10.2. The monoisotopic (exact) mass is 424 g/mol. The van der Waals surface area contributed by atoms with Crippen LogP contribution in [0.5, 0.6) is 11.5 Å². The molecular formula is C18H20N2O6S2. The van der Waals surface area contributed by atoms with Crippen LogP contribution >= 0.6 is 11.8 Å². The van der Waals surface area contributed by atoms with Gasteiger partial charge in [-0.1, -0.05) is 6.07 Å². The molecule has 0 bridgehead atoms. The highest BCUT2D eigenvalue weighted by Gasteiger charge is 2.39. The number of aryl methyl sites for hydroxylation is 1. The van der Waals surface area contributed by atoms with Gasteiger partial charge < -0.3 is 9.47 Å². The summed E-state index contributed by atoms with van der Waals surface area (Å²) in [4.78, 5) is 10.6. The molecule has 3 rings (SSSR count). The van der Waals surface area contributed by atoms with Gasteiger partial charge in [0.05, 0.1) is 29.4 Å². The summed E-state index contributed by atoms with van der Waals surface area (Å²) in [5.74, 6) is 1.74. The van der Waals surface area contributed by atoms with Crippen LogP contribution in [0.2, 0.25) is 0 Å². The normalized spacial score (nSPS) is 17.5. The van der Waals surface area contributed by atoms with Gasteiger partial charge >= 0.3 is 0 Å². The van der Waals surface area contributed by atoms with E-state index in [4.69, 9.17) is 9.47 Å². The first-order chi connectivity index (χ1) is 13.3. The molecule has 1 fully saturated rings. The Morgan fingerprint density at radius 1 is 1.18 bits per heavy atom. The van der Waals surface area contributed by atoms with E-state index >= 15 is 0 Å². The van der Waals surface area contributed by atoms with Crippen molar-refractivity contribution in [2.24, 2.45) is 0 Å². The zero-order valence-electron chi connectivity index (χ0n) is 15.6. The quantitative estimate of drug-likeness (QED) is 0.518. The van der Waals surface area contributed by atoms with E-state index in [2.05, 4.69) is 0 Å². The highest BCUT2D eigenvalue weighted by atomic mass is 32.2. The summed E-state index contributed by atoms with van der Waals surface area (Å²) in [7, 11) is -0.886. The Labute approximate surface area is 167 Å². The number of nitrogens with zero attached hydrogens (tertiary/aromatic N) is 2. The SMILES string of the molecule is COc1ccc(OC)c(C2SCCN2S(=O)(=O)c2ccc(C)c([N+](=O)[O-])c2)c1. The van der Waals surface area contributed by atoms with E-state index in [-0.39, 0.29) is 10.6 Å². The largest absolute Gasteiger partial charge is 0.497 e. The fraction of sp³-hybridized carbons (Fsp3) is 0.333. The molecule has 0 spiro atoms. The first-order valence-corrected chi connectivity index (χ1v) is 10.9. The van der Waals surface area contributed by atoms with Gasteiger partial charge in [0.15, 0.2) is 0 Å². The average molecular weight is 425 g/mol. The van der Waals surface area contributed by atoms with Crippen LogP contribution in [-0.4, -0.2) is 44.2 Å². The van der Waals surface area contributed by atoms with Gasteiger partial charge in [-0.05, 0) is 31.2 Å². The molecule has 10 heteroatoms. The van der Waals surface area contributed by atoms with Crippen molar-refractivity contribution in [3.63, 3.8) is 0 Å². The minimum absolute atomic E-state index is 0.0980. The molecule has 0 radical (unpaired) electrons. The maximum absolute atomic E-state index is 13.3. The lowest BCUT2D eigenvalue weighted by Gasteiger charge is -2.25. The van der Waals surface area contributed by atoms with Crippen LogP contribution in [-0.2, 0) is 10.0 Å². The smallest absolute Gasteiger partial charge is 0.273 e. The molecule has 0 saturated carbocycles. The predicted molar refractivity (Wildman–Crippen MR) is 106 cm³/mol. The Morgan fingerprint density at radius 2 is 1.93 bits per heavy atom. The molecule has 150 valence electrons. The number of rotatable bonds is 6. The third-order valence-corrected chi connectivity index (χ3v) is 7.77. The second-order valence-corrected chi connectivity index (χ2v) is 9.23. The molecule has 0 aromatic heterocycles. The topological polar surface area (TPSA) is 99.0 Å². The highest BCUT2D eigenvalue weighted by molar-refractivity contribution is 8.01. The van der Waals surface area contributed by atoms with Crippen molar-refractivity contribution in [3.8, 4) is 11.5 Å². The lowest BCUT2D eigenvalue weighted by molar-refractivity contribution is -0.385. The molecule has 2 aromatic carbocycles. The third kappa shape index (κ3) is 3.67. The first kappa shape index (κ1) is 20.4. The zero-order valence-corrected chi connectivity index (χ0v) is 17.2. The molecule has 1 atom stereocenters. The van der Waals surface area contributed by atoms with Crippen molar-refractivity contribution in [3.05, 3.63) is 57.6 Å². The Kier molecular flexibility index (Phi) is 5.82. The Bertz CT molecular complexity index is 1010. The number of thioether (sulfide) groups is 1. The number of benzene rings is 2. The van der Waals surface area contributed by atoms with Gasteiger partial charge in [-0.25, -0.2) is 8.42 Å². The number of hydrogen-bond acceptors (Lipinski definition) is 7. The molecule has 1 aliphatic heterocycles. The van der Waals surface area contributed by atoms with Gasteiger partial charge in [-0.3, -0.25) is 10.1 Å². The van der Waals surface area contributed by atoms with Crippen LogP contribution in [0.25, 0.3) is 0 Å². The number of sulfonamides is 1. The van der Waals surface area contributed by atoms with Gasteiger partial charge in [0, 0.05) is 29.5 Å². The van der Waals surface area contributed by atoms with Crippen LogP contribution in [0.3, 0.4) is 0 Å². The maximum atomic E-state index is 13.3. The molecule has 1 saturated heterocycles. The van der Waals surface area contributed by atoms with Gasteiger partial charge in [0.2, 0.25) is 10.0 Å². The fourth-order valence-corrected chi connectivity index (χ4v) is 6.33.